The van der Waals surface area contributed by atoms with Gasteiger partial charge < -0.3 is 9.80 Å². The molecule has 1 atom stereocenters. The van der Waals surface area contributed by atoms with Gasteiger partial charge in [-0.05, 0) is 24.6 Å². The minimum Gasteiger partial charge on any atom is -0.337 e. The lowest BCUT2D eigenvalue weighted by atomic mass is 10.0. The first-order valence-corrected chi connectivity index (χ1v) is 13.1. The number of thiophene rings is 1. The van der Waals surface area contributed by atoms with Crippen molar-refractivity contribution in [2.45, 2.75) is 13.0 Å². The van der Waals surface area contributed by atoms with E-state index in [4.69, 9.17) is 0 Å². The second-order valence-electron chi connectivity index (χ2n) is 8.03. The number of rotatable bonds is 4. The molecule has 1 aromatic carbocycles. The van der Waals surface area contributed by atoms with Crippen LogP contribution in [0.15, 0.2) is 42.5 Å². The van der Waals surface area contributed by atoms with E-state index in [9.17, 15) is 18.0 Å². The van der Waals surface area contributed by atoms with Crippen molar-refractivity contribution in [3.63, 3.8) is 0 Å². The molecule has 0 N–H and O–H groups in total. The van der Waals surface area contributed by atoms with E-state index in [1.165, 1.54) is 11.3 Å². The Kier molecular flexibility index (Phi) is 6.45. The zero-order valence-electron chi connectivity index (χ0n) is 17.6. The van der Waals surface area contributed by atoms with Crippen molar-refractivity contribution in [2.75, 3.05) is 50.8 Å². The quantitative estimate of drug-likeness (QED) is 0.694. The van der Waals surface area contributed by atoms with Gasteiger partial charge in [-0.3, -0.25) is 14.5 Å². The number of nitrogens with zero attached hydrogens (tertiary/aromatic N) is 3. The van der Waals surface area contributed by atoms with Crippen LogP contribution in [-0.4, -0.2) is 85.7 Å². The molecule has 2 aliphatic heterocycles. The van der Waals surface area contributed by atoms with Crippen LogP contribution < -0.4 is 0 Å². The Morgan fingerprint density at radius 1 is 0.871 bits per heavy atom. The third-order valence-corrected chi connectivity index (χ3v) is 8.52. The molecule has 2 aromatic rings. The Bertz CT molecular complexity index is 1030. The normalized spacial score (nSPS) is 20.4. The Morgan fingerprint density at radius 3 is 2.06 bits per heavy atom. The molecule has 1 aromatic heterocycles. The molecule has 3 heterocycles. The van der Waals surface area contributed by atoms with Crippen LogP contribution in [-0.2, 0) is 14.6 Å². The molecule has 2 fully saturated rings. The topological polar surface area (TPSA) is 78.0 Å². The number of piperazine rings is 1. The maximum atomic E-state index is 13.5. The number of amides is 2. The Morgan fingerprint density at radius 2 is 1.48 bits per heavy atom. The lowest BCUT2D eigenvalue weighted by molar-refractivity contribution is -0.138. The maximum absolute atomic E-state index is 13.5. The molecule has 2 saturated heterocycles. The van der Waals surface area contributed by atoms with Gasteiger partial charge in [0.2, 0.25) is 5.91 Å². The van der Waals surface area contributed by atoms with E-state index in [1.54, 1.807) is 4.90 Å². The van der Waals surface area contributed by atoms with Gasteiger partial charge in [0.05, 0.1) is 16.4 Å². The van der Waals surface area contributed by atoms with Crippen molar-refractivity contribution in [3.8, 4) is 0 Å². The average Bonchev–Trinajstić information content (AvgIpc) is 3.21. The van der Waals surface area contributed by atoms with Crippen LogP contribution in [0.2, 0.25) is 0 Å². The number of carbonyl (C=O) groups excluding carboxylic acids is 2. The highest BCUT2D eigenvalue weighted by atomic mass is 32.2. The van der Waals surface area contributed by atoms with E-state index < -0.39 is 15.9 Å². The minimum atomic E-state index is -3.03. The Balaban J connectivity index is 1.46. The number of aryl methyl sites for hydroxylation is 1. The van der Waals surface area contributed by atoms with Gasteiger partial charge >= 0.3 is 0 Å². The first kappa shape index (κ1) is 22.0. The van der Waals surface area contributed by atoms with E-state index in [0.29, 0.717) is 39.3 Å². The molecule has 0 radical (unpaired) electrons. The Hall–Kier alpha value is -2.23. The smallest absolute Gasteiger partial charge is 0.264 e. The van der Waals surface area contributed by atoms with Gasteiger partial charge in [-0.25, -0.2) is 8.42 Å². The van der Waals surface area contributed by atoms with E-state index in [-0.39, 0.29) is 23.3 Å². The first-order valence-electron chi connectivity index (χ1n) is 10.5. The predicted molar refractivity (Wildman–Crippen MR) is 121 cm³/mol. The second kappa shape index (κ2) is 9.10. The summed E-state index contributed by atoms with van der Waals surface area (Å²) in [5, 5.41) is 0. The fraction of sp³-hybridized carbons (Fsp3) is 0.455. The molecule has 4 rings (SSSR count). The first-order chi connectivity index (χ1) is 14.8. The minimum absolute atomic E-state index is 0.0195. The average molecular weight is 462 g/mol. The number of carbonyl (C=O) groups is 2. The third-order valence-electron chi connectivity index (χ3n) is 5.92. The van der Waals surface area contributed by atoms with Crippen molar-refractivity contribution in [2.24, 2.45) is 0 Å². The zero-order valence-corrected chi connectivity index (χ0v) is 19.2. The fourth-order valence-electron chi connectivity index (χ4n) is 4.14. The highest BCUT2D eigenvalue weighted by Gasteiger charge is 2.36. The fourth-order valence-corrected chi connectivity index (χ4v) is 6.20. The molecule has 0 saturated carbocycles. The summed E-state index contributed by atoms with van der Waals surface area (Å²) in [5.41, 5.74) is 0.874. The molecule has 1 unspecified atom stereocenters. The number of benzene rings is 1. The van der Waals surface area contributed by atoms with Gasteiger partial charge in [0.25, 0.3) is 5.91 Å². The molecule has 7 nitrogen and oxygen atoms in total. The molecule has 2 amide bonds. The van der Waals surface area contributed by atoms with Crippen molar-refractivity contribution >= 4 is 33.0 Å². The SMILES string of the molecule is Cc1ccc(C(=O)N2CCN(C(=O)C(c3ccccc3)N3CCS(=O)(=O)CC3)CC2)s1. The summed E-state index contributed by atoms with van der Waals surface area (Å²) in [4.78, 5) is 33.7. The summed E-state index contributed by atoms with van der Waals surface area (Å²) in [6.07, 6.45) is 0. The maximum Gasteiger partial charge on any atom is 0.264 e. The summed E-state index contributed by atoms with van der Waals surface area (Å²) in [6, 6.07) is 12.8. The van der Waals surface area contributed by atoms with E-state index in [2.05, 4.69) is 0 Å². The van der Waals surface area contributed by atoms with Gasteiger partial charge in [-0.2, -0.15) is 0 Å². The molecule has 0 spiro atoms. The highest BCUT2D eigenvalue weighted by molar-refractivity contribution is 7.91. The predicted octanol–water partition coefficient (Wildman–Crippen LogP) is 1.81. The Labute approximate surface area is 187 Å². The molecule has 0 bridgehead atoms. The highest BCUT2D eigenvalue weighted by Crippen LogP contribution is 2.26. The lowest BCUT2D eigenvalue weighted by Crippen LogP contribution is -2.54. The van der Waals surface area contributed by atoms with E-state index in [0.717, 1.165) is 15.3 Å². The third kappa shape index (κ3) is 4.99. The molecule has 0 aliphatic carbocycles. The van der Waals surface area contributed by atoms with Gasteiger partial charge in [0.1, 0.15) is 6.04 Å². The summed E-state index contributed by atoms with van der Waals surface area (Å²) in [5.74, 6) is 0.147. The molecular formula is C22H27N3O4S2. The standard InChI is InChI=1S/C22H27N3O4S2/c1-17-7-8-19(30-17)21(26)24-9-11-25(12-10-24)22(27)20(18-5-3-2-4-6-18)23-13-15-31(28,29)16-14-23/h2-8,20H,9-16H2,1H3. The number of hydrogen-bond acceptors (Lipinski definition) is 6. The van der Waals surface area contributed by atoms with Crippen LogP contribution >= 0.6 is 11.3 Å². The van der Waals surface area contributed by atoms with Crippen LogP contribution in [0, 0.1) is 6.92 Å². The molecule has 31 heavy (non-hydrogen) atoms. The zero-order chi connectivity index (χ0) is 22.0. The summed E-state index contributed by atoms with van der Waals surface area (Å²) >= 11 is 1.49. The van der Waals surface area contributed by atoms with Crippen LogP contribution in [0.25, 0.3) is 0 Å². The molecular weight excluding hydrogens is 434 g/mol. The van der Waals surface area contributed by atoms with Crippen molar-refractivity contribution in [1.29, 1.82) is 0 Å². The molecule has 2 aliphatic rings. The van der Waals surface area contributed by atoms with Crippen LogP contribution in [0.4, 0.5) is 0 Å². The van der Waals surface area contributed by atoms with E-state index >= 15 is 0 Å². The largest absolute Gasteiger partial charge is 0.337 e. The molecule has 166 valence electrons. The number of hydrogen-bond donors (Lipinski definition) is 0. The van der Waals surface area contributed by atoms with E-state index in [1.807, 2.05) is 59.2 Å². The van der Waals surface area contributed by atoms with Crippen molar-refractivity contribution in [1.82, 2.24) is 14.7 Å². The van der Waals surface area contributed by atoms with Crippen LogP contribution in [0.3, 0.4) is 0 Å². The van der Waals surface area contributed by atoms with Gasteiger partial charge in [0.15, 0.2) is 9.84 Å². The van der Waals surface area contributed by atoms with Crippen molar-refractivity contribution < 1.29 is 18.0 Å². The molecule has 9 heteroatoms. The summed E-state index contributed by atoms with van der Waals surface area (Å²) in [6.45, 7) is 4.63. The second-order valence-corrected chi connectivity index (χ2v) is 11.6. The van der Waals surface area contributed by atoms with Crippen LogP contribution in [0.1, 0.15) is 26.2 Å². The summed E-state index contributed by atoms with van der Waals surface area (Å²) in [7, 11) is -3.03. The lowest BCUT2D eigenvalue weighted by Gasteiger charge is -2.40. The number of sulfone groups is 1. The summed E-state index contributed by atoms with van der Waals surface area (Å²) < 4.78 is 23.8. The van der Waals surface area contributed by atoms with Crippen LogP contribution in [0.5, 0.6) is 0 Å². The van der Waals surface area contributed by atoms with Crippen molar-refractivity contribution in [3.05, 3.63) is 57.8 Å². The van der Waals surface area contributed by atoms with Gasteiger partial charge in [-0.1, -0.05) is 30.3 Å². The van der Waals surface area contributed by atoms with Gasteiger partial charge in [-0.15, -0.1) is 11.3 Å². The monoisotopic (exact) mass is 461 g/mol. The van der Waals surface area contributed by atoms with Gasteiger partial charge in [0, 0.05) is 44.1 Å².